The van der Waals surface area contributed by atoms with E-state index in [9.17, 15) is 10.1 Å². The standard InChI is InChI=1S/C10H12N2O2/c1-7-4-8-2-3-9(12(13)14)5-10(8)11-6-7/h2-3,5,7,11H,4,6H2,1H3/t7-/m0/s1. The van der Waals surface area contributed by atoms with Gasteiger partial charge in [0.1, 0.15) is 0 Å². The van der Waals surface area contributed by atoms with Gasteiger partial charge in [-0.2, -0.15) is 0 Å². The van der Waals surface area contributed by atoms with Gasteiger partial charge in [-0.25, -0.2) is 0 Å². The van der Waals surface area contributed by atoms with E-state index in [0.717, 1.165) is 18.7 Å². The molecule has 0 spiro atoms. The highest BCUT2D eigenvalue weighted by Crippen LogP contribution is 2.28. The minimum Gasteiger partial charge on any atom is -0.384 e. The maximum absolute atomic E-state index is 10.5. The van der Waals surface area contributed by atoms with E-state index in [2.05, 4.69) is 12.2 Å². The third kappa shape index (κ3) is 1.55. The van der Waals surface area contributed by atoms with Crippen molar-refractivity contribution in [3.63, 3.8) is 0 Å². The molecule has 0 aromatic heterocycles. The van der Waals surface area contributed by atoms with Crippen LogP contribution in [-0.4, -0.2) is 11.5 Å². The van der Waals surface area contributed by atoms with Crippen LogP contribution in [0.15, 0.2) is 18.2 Å². The van der Waals surface area contributed by atoms with Gasteiger partial charge >= 0.3 is 0 Å². The molecule has 0 fully saturated rings. The largest absolute Gasteiger partial charge is 0.384 e. The van der Waals surface area contributed by atoms with Crippen LogP contribution in [0.1, 0.15) is 12.5 Å². The van der Waals surface area contributed by atoms with Crippen molar-refractivity contribution in [2.24, 2.45) is 5.92 Å². The Hall–Kier alpha value is -1.58. The molecule has 74 valence electrons. The van der Waals surface area contributed by atoms with Gasteiger partial charge < -0.3 is 5.32 Å². The molecule has 0 bridgehead atoms. The number of nitro groups is 1. The van der Waals surface area contributed by atoms with Crippen LogP contribution in [0.4, 0.5) is 11.4 Å². The monoisotopic (exact) mass is 192 g/mol. The van der Waals surface area contributed by atoms with Gasteiger partial charge in [0.2, 0.25) is 0 Å². The number of nitro benzene ring substituents is 1. The van der Waals surface area contributed by atoms with E-state index in [0.29, 0.717) is 5.92 Å². The fourth-order valence-corrected chi connectivity index (χ4v) is 1.75. The highest BCUT2D eigenvalue weighted by atomic mass is 16.6. The normalized spacial score (nSPS) is 19.6. The molecule has 1 atom stereocenters. The van der Waals surface area contributed by atoms with Crippen LogP contribution in [0.2, 0.25) is 0 Å². The van der Waals surface area contributed by atoms with Crippen molar-refractivity contribution in [3.8, 4) is 0 Å². The van der Waals surface area contributed by atoms with Gasteiger partial charge in [0, 0.05) is 24.4 Å². The lowest BCUT2D eigenvalue weighted by Gasteiger charge is -2.22. The van der Waals surface area contributed by atoms with Crippen molar-refractivity contribution >= 4 is 11.4 Å². The maximum atomic E-state index is 10.5. The van der Waals surface area contributed by atoms with Gasteiger partial charge in [0.25, 0.3) is 5.69 Å². The molecule has 0 radical (unpaired) electrons. The van der Waals surface area contributed by atoms with E-state index in [1.807, 2.05) is 6.07 Å². The summed E-state index contributed by atoms with van der Waals surface area (Å²) in [5.74, 6) is 0.601. The summed E-state index contributed by atoms with van der Waals surface area (Å²) in [6.45, 7) is 3.06. The molecule has 4 nitrogen and oxygen atoms in total. The number of hydrogen-bond donors (Lipinski definition) is 1. The summed E-state index contributed by atoms with van der Waals surface area (Å²) >= 11 is 0. The number of nitrogens with zero attached hydrogens (tertiary/aromatic N) is 1. The van der Waals surface area contributed by atoms with Gasteiger partial charge in [-0.1, -0.05) is 13.0 Å². The molecular weight excluding hydrogens is 180 g/mol. The van der Waals surface area contributed by atoms with Crippen molar-refractivity contribution in [3.05, 3.63) is 33.9 Å². The van der Waals surface area contributed by atoms with Crippen molar-refractivity contribution < 1.29 is 4.92 Å². The van der Waals surface area contributed by atoms with Gasteiger partial charge in [0.15, 0.2) is 0 Å². The summed E-state index contributed by atoms with van der Waals surface area (Å²) in [5.41, 5.74) is 2.25. The smallest absolute Gasteiger partial charge is 0.271 e. The zero-order valence-corrected chi connectivity index (χ0v) is 7.99. The minimum atomic E-state index is -0.361. The predicted molar refractivity (Wildman–Crippen MR) is 54.5 cm³/mol. The lowest BCUT2D eigenvalue weighted by molar-refractivity contribution is -0.384. The summed E-state index contributed by atoms with van der Waals surface area (Å²) in [5, 5.41) is 13.7. The molecule has 1 aromatic rings. The molecule has 2 rings (SSSR count). The van der Waals surface area contributed by atoms with E-state index in [4.69, 9.17) is 0 Å². The predicted octanol–water partition coefficient (Wildman–Crippen LogP) is 2.20. The molecule has 1 aliphatic heterocycles. The van der Waals surface area contributed by atoms with E-state index in [1.54, 1.807) is 12.1 Å². The molecule has 0 unspecified atom stereocenters. The number of nitrogens with one attached hydrogen (secondary N) is 1. The second-order valence-electron chi connectivity index (χ2n) is 3.79. The summed E-state index contributed by atoms with van der Waals surface area (Å²) in [4.78, 5) is 10.2. The zero-order valence-electron chi connectivity index (χ0n) is 7.99. The summed E-state index contributed by atoms with van der Waals surface area (Å²) < 4.78 is 0. The molecule has 1 aromatic carbocycles. The molecule has 1 aliphatic rings. The fraction of sp³-hybridized carbons (Fsp3) is 0.400. The summed E-state index contributed by atoms with van der Waals surface area (Å²) in [6.07, 6.45) is 1.00. The molecule has 1 N–H and O–H groups in total. The Bertz CT molecular complexity index is 376. The lowest BCUT2D eigenvalue weighted by Crippen LogP contribution is -2.20. The number of benzene rings is 1. The van der Waals surface area contributed by atoms with Crippen molar-refractivity contribution in [2.75, 3.05) is 11.9 Å². The fourth-order valence-electron chi connectivity index (χ4n) is 1.75. The van der Waals surface area contributed by atoms with Crippen LogP contribution in [0.25, 0.3) is 0 Å². The first-order valence-corrected chi connectivity index (χ1v) is 4.68. The van der Waals surface area contributed by atoms with Gasteiger partial charge in [-0.15, -0.1) is 0 Å². The second kappa shape index (κ2) is 3.29. The molecule has 0 saturated carbocycles. The minimum absolute atomic E-state index is 0.158. The molecular formula is C10H12N2O2. The summed E-state index contributed by atoms with van der Waals surface area (Å²) in [7, 11) is 0. The van der Waals surface area contributed by atoms with E-state index < -0.39 is 0 Å². The number of rotatable bonds is 1. The first-order chi connectivity index (χ1) is 6.66. The van der Waals surface area contributed by atoms with Crippen LogP contribution < -0.4 is 5.32 Å². The van der Waals surface area contributed by atoms with Gasteiger partial charge in [0.05, 0.1) is 4.92 Å². The molecule has 0 saturated heterocycles. The Balaban J connectivity index is 2.36. The van der Waals surface area contributed by atoms with Crippen molar-refractivity contribution in [1.82, 2.24) is 0 Å². The highest BCUT2D eigenvalue weighted by molar-refractivity contribution is 5.58. The first kappa shape index (κ1) is 8.99. The topological polar surface area (TPSA) is 55.2 Å². The average Bonchev–Trinajstić information content (AvgIpc) is 2.16. The second-order valence-corrected chi connectivity index (χ2v) is 3.79. The Kier molecular flexibility index (Phi) is 2.11. The van der Waals surface area contributed by atoms with E-state index in [1.165, 1.54) is 5.56 Å². The van der Waals surface area contributed by atoms with Crippen LogP contribution >= 0.6 is 0 Å². The lowest BCUT2D eigenvalue weighted by atomic mass is 9.95. The van der Waals surface area contributed by atoms with Crippen LogP contribution in [0.5, 0.6) is 0 Å². The molecule has 14 heavy (non-hydrogen) atoms. The molecule has 0 amide bonds. The molecule has 4 heteroatoms. The Morgan fingerprint density at radius 1 is 1.57 bits per heavy atom. The Morgan fingerprint density at radius 3 is 3.07 bits per heavy atom. The summed E-state index contributed by atoms with van der Waals surface area (Å²) in [6, 6.07) is 5.02. The molecule has 1 heterocycles. The number of anilines is 1. The van der Waals surface area contributed by atoms with E-state index >= 15 is 0 Å². The van der Waals surface area contributed by atoms with Gasteiger partial charge in [-0.05, 0) is 17.9 Å². The number of hydrogen-bond acceptors (Lipinski definition) is 3. The highest BCUT2D eigenvalue weighted by Gasteiger charge is 2.17. The quantitative estimate of drug-likeness (QED) is 0.548. The zero-order chi connectivity index (χ0) is 10.1. The van der Waals surface area contributed by atoms with Crippen molar-refractivity contribution in [2.45, 2.75) is 13.3 Å². The Morgan fingerprint density at radius 2 is 2.36 bits per heavy atom. The van der Waals surface area contributed by atoms with E-state index in [-0.39, 0.29) is 10.6 Å². The van der Waals surface area contributed by atoms with Crippen LogP contribution in [0.3, 0.4) is 0 Å². The van der Waals surface area contributed by atoms with Gasteiger partial charge in [-0.3, -0.25) is 10.1 Å². The SMILES string of the molecule is C[C@@H]1CNc2cc([N+](=O)[O-])ccc2C1. The number of non-ortho nitro benzene ring substituents is 1. The average molecular weight is 192 g/mol. The third-order valence-electron chi connectivity index (χ3n) is 2.51. The number of fused-ring (bicyclic) bond motifs is 1. The third-order valence-corrected chi connectivity index (χ3v) is 2.51. The first-order valence-electron chi connectivity index (χ1n) is 4.68. The maximum Gasteiger partial charge on any atom is 0.271 e. The van der Waals surface area contributed by atoms with Crippen LogP contribution in [0, 0.1) is 16.0 Å². The van der Waals surface area contributed by atoms with Crippen molar-refractivity contribution in [1.29, 1.82) is 0 Å². The molecule has 0 aliphatic carbocycles. The Labute approximate surface area is 82.1 Å². The van der Waals surface area contributed by atoms with Crippen LogP contribution in [-0.2, 0) is 6.42 Å².